The molecule has 0 N–H and O–H groups in total. The first-order chi connectivity index (χ1) is 14.7. The summed E-state index contributed by atoms with van der Waals surface area (Å²) in [6, 6.07) is 12.5. The quantitative estimate of drug-likeness (QED) is 0.343. The van der Waals surface area contributed by atoms with Crippen molar-refractivity contribution in [3.05, 3.63) is 47.5 Å². The summed E-state index contributed by atoms with van der Waals surface area (Å²) < 4.78 is 34.0. The zero-order chi connectivity index (χ0) is 21.6. The van der Waals surface area contributed by atoms with Crippen LogP contribution in [-0.4, -0.2) is 47.3 Å². The highest BCUT2D eigenvalue weighted by molar-refractivity contribution is 5.68. The Labute approximate surface area is 180 Å². The average Bonchev–Trinajstić information content (AvgIpc) is 2.75. The Morgan fingerprint density at radius 3 is 1.90 bits per heavy atom. The van der Waals surface area contributed by atoms with E-state index in [1.54, 1.807) is 14.2 Å². The van der Waals surface area contributed by atoms with Crippen LogP contribution in [0, 0.1) is 6.92 Å². The summed E-state index contributed by atoms with van der Waals surface area (Å²) in [5.41, 5.74) is 4.80. The van der Waals surface area contributed by atoms with E-state index in [0.29, 0.717) is 32.8 Å². The molecule has 2 aromatic rings. The maximum atomic E-state index is 12.2. The van der Waals surface area contributed by atoms with E-state index in [2.05, 4.69) is 25.1 Å². The van der Waals surface area contributed by atoms with Gasteiger partial charge in [0.1, 0.15) is 24.7 Å². The monoisotopic (exact) mass is 418 g/mol. The average molecular weight is 419 g/mol. The highest BCUT2D eigenvalue weighted by atomic mass is 19.1. The first-order valence-electron chi connectivity index (χ1n) is 10.7. The third-order valence-electron chi connectivity index (χ3n) is 5.00. The maximum absolute atomic E-state index is 12.2. The molecule has 0 saturated heterocycles. The second-order valence-corrected chi connectivity index (χ2v) is 7.37. The van der Waals surface area contributed by atoms with E-state index in [9.17, 15) is 4.39 Å². The number of halogens is 1. The minimum atomic E-state index is -0.209. The molecule has 0 spiro atoms. The van der Waals surface area contributed by atoms with Crippen molar-refractivity contribution in [1.82, 2.24) is 0 Å². The molecule has 4 nitrogen and oxygen atoms in total. The minimum Gasteiger partial charge on any atom is -0.491 e. The van der Waals surface area contributed by atoms with Crippen LogP contribution in [0.15, 0.2) is 36.4 Å². The molecule has 0 amide bonds. The van der Waals surface area contributed by atoms with E-state index in [1.807, 2.05) is 18.2 Å². The lowest BCUT2D eigenvalue weighted by molar-refractivity contribution is 0.142. The molecule has 2 rings (SSSR count). The van der Waals surface area contributed by atoms with Gasteiger partial charge in [-0.1, -0.05) is 31.0 Å². The van der Waals surface area contributed by atoms with Crippen LogP contribution in [0.25, 0.3) is 11.1 Å². The van der Waals surface area contributed by atoms with E-state index < -0.39 is 0 Å². The van der Waals surface area contributed by atoms with Crippen molar-refractivity contribution in [2.45, 2.75) is 39.0 Å². The molecule has 2 aromatic carbocycles. The van der Waals surface area contributed by atoms with Gasteiger partial charge in [0.2, 0.25) is 0 Å². The lowest BCUT2D eigenvalue weighted by Crippen LogP contribution is -2.06. The molecule has 5 heteroatoms. The Hall–Kier alpha value is -2.11. The van der Waals surface area contributed by atoms with Crippen LogP contribution in [0.2, 0.25) is 0 Å². The van der Waals surface area contributed by atoms with Gasteiger partial charge >= 0.3 is 0 Å². The Kier molecular flexibility index (Phi) is 11.3. The zero-order valence-corrected chi connectivity index (χ0v) is 18.5. The molecule has 0 unspecified atom stereocenters. The third kappa shape index (κ3) is 8.33. The van der Waals surface area contributed by atoms with Crippen LogP contribution in [-0.2, 0) is 15.9 Å². The van der Waals surface area contributed by atoms with Crippen molar-refractivity contribution in [3.63, 3.8) is 0 Å². The van der Waals surface area contributed by atoms with Gasteiger partial charge in [-0.2, -0.15) is 0 Å². The summed E-state index contributed by atoms with van der Waals surface area (Å²) in [5.74, 6) is 1.51. The van der Waals surface area contributed by atoms with Crippen LogP contribution in [0.4, 0.5) is 4.39 Å². The van der Waals surface area contributed by atoms with Gasteiger partial charge in [-0.25, -0.2) is 0 Å². The Bertz CT molecular complexity index is 720. The molecule has 0 heterocycles. The number of hydrogen-bond donors (Lipinski definition) is 0. The second kappa shape index (κ2) is 14.0. The molecule has 0 aliphatic rings. The fourth-order valence-electron chi connectivity index (χ4n) is 3.31. The number of alkyl halides is 1. The van der Waals surface area contributed by atoms with Gasteiger partial charge in [0.25, 0.3) is 0 Å². The number of unbranched alkanes of at least 4 members (excludes halogenated alkanes) is 3. The molecule has 0 fully saturated rings. The van der Waals surface area contributed by atoms with E-state index >= 15 is 0 Å². The van der Waals surface area contributed by atoms with Crippen molar-refractivity contribution >= 4 is 0 Å². The summed E-state index contributed by atoms with van der Waals surface area (Å²) in [6.45, 7) is 3.97. The number of ether oxygens (including phenoxy) is 4. The predicted octanol–water partition coefficient (Wildman–Crippen LogP) is 5.78. The van der Waals surface area contributed by atoms with Crippen LogP contribution >= 0.6 is 0 Å². The third-order valence-corrected chi connectivity index (χ3v) is 5.00. The normalized spacial score (nSPS) is 10.9. The summed E-state index contributed by atoms with van der Waals surface area (Å²) in [5, 5.41) is 0. The molecule has 0 atom stereocenters. The van der Waals surface area contributed by atoms with Crippen molar-refractivity contribution < 1.29 is 23.3 Å². The maximum Gasteiger partial charge on any atom is 0.123 e. The van der Waals surface area contributed by atoms with Crippen molar-refractivity contribution in [2.24, 2.45) is 0 Å². The van der Waals surface area contributed by atoms with Crippen LogP contribution in [0.1, 0.15) is 36.8 Å². The van der Waals surface area contributed by atoms with E-state index in [4.69, 9.17) is 18.9 Å². The van der Waals surface area contributed by atoms with Crippen LogP contribution in [0.5, 0.6) is 11.5 Å². The number of benzene rings is 2. The van der Waals surface area contributed by atoms with Crippen molar-refractivity contribution in [3.8, 4) is 22.6 Å². The highest BCUT2D eigenvalue weighted by Crippen LogP contribution is 2.31. The molecule has 0 bridgehead atoms. The molecule has 0 aliphatic heterocycles. The SMILES string of the molecule is COCCOc1cc(OCCOC)cc(-c2ccc(CCCCCCF)c(C)c2)c1. The topological polar surface area (TPSA) is 36.9 Å². The highest BCUT2D eigenvalue weighted by Gasteiger charge is 2.08. The number of aryl methyl sites for hydroxylation is 2. The Morgan fingerprint density at radius 1 is 0.700 bits per heavy atom. The Balaban J connectivity index is 2.13. The van der Waals surface area contributed by atoms with Gasteiger partial charge in [-0.3, -0.25) is 4.39 Å². The fourth-order valence-corrected chi connectivity index (χ4v) is 3.31. The van der Waals surface area contributed by atoms with Crippen molar-refractivity contribution in [1.29, 1.82) is 0 Å². The zero-order valence-electron chi connectivity index (χ0n) is 18.5. The van der Waals surface area contributed by atoms with Crippen LogP contribution in [0.3, 0.4) is 0 Å². The van der Waals surface area contributed by atoms with Gasteiger partial charge < -0.3 is 18.9 Å². The molecule has 166 valence electrons. The number of hydrogen-bond acceptors (Lipinski definition) is 4. The predicted molar refractivity (Wildman–Crippen MR) is 120 cm³/mol. The van der Waals surface area contributed by atoms with Gasteiger partial charge in [0.15, 0.2) is 0 Å². The lowest BCUT2D eigenvalue weighted by Gasteiger charge is -2.14. The van der Waals surface area contributed by atoms with E-state index in [0.717, 1.165) is 48.3 Å². The summed E-state index contributed by atoms with van der Waals surface area (Å²) in [4.78, 5) is 0. The fraction of sp³-hybridized carbons (Fsp3) is 0.520. The van der Waals surface area contributed by atoms with E-state index in [-0.39, 0.29) is 6.67 Å². The molecular weight excluding hydrogens is 383 g/mol. The van der Waals surface area contributed by atoms with Gasteiger partial charge in [0.05, 0.1) is 19.9 Å². The molecule has 0 saturated carbocycles. The smallest absolute Gasteiger partial charge is 0.123 e. The largest absolute Gasteiger partial charge is 0.491 e. The summed E-state index contributed by atoms with van der Waals surface area (Å²) >= 11 is 0. The van der Waals surface area contributed by atoms with Crippen molar-refractivity contribution in [2.75, 3.05) is 47.3 Å². The lowest BCUT2D eigenvalue weighted by atomic mass is 9.96. The first-order valence-corrected chi connectivity index (χ1v) is 10.7. The molecule has 0 aromatic heterocycles. The molecule has 0 radical (unpaired) electrons. The number of methoxy groups -OCH3 is 2. The Morgan fingerprint density at radius 2 is 1.33 bits per heavy atom. The van der Waals surface area contributed by atoms with Gasteiger partial charge in [-0.15, -0.1) is 0 Å². The minimum absolute atomic E-state index is 0.209. The van der Waals surface area contributed by atoms with Crippen LogP contribution < -0.4 is 9.47 Å². The molecule has 30 heavy (non-hydrogen) atoms. The number of rotatable bonds is 15. The molecular formula is C25H35FO4. The van der Waals surface area contributed by atoms with Gasteiger partial charge in [0, 0.05) is 20.3 Å². The second-order valence-electron chi connectivity index (χ2n) is 7.37. The first kappa shape index (κ1) is 24.2. The standard InChI is InChI=1S/C25H35FO4/c1-20-16-22(10-9-21(20)8-6-4-5-7-11-26)23-17-24(29-14-12-27-2)19-25(18-23)30-15-13-28-3/h9-10,16-19H,4-8,11-15H2,1-3H3. The summed E-state index contributed by atoms with van der Waals surface area (Å²) in [6.07, 6.45) is 4.85. The molecule has 0 aliphatic carbocycles. The summed E-state index contributed by atoms with van der Waals surface area (Å²) in [7, 11) is 3.31. The van der Waals surface area contributed by atoms with E-state index in [1.165, 1.54) is 11.1 Å². The van der Waals surface area contributed by atoms with Gasteiger partial charge in [-0.05, 0) is 60.6 Å².